The Morgan fingerprint density at radius 3 is 2.45 bits per heavy atom. The molecule has 0 aliphatic heterocycles. The van der Waals surface area contributed by atoms with Crippen molar-refractivity contribution in [1.29, 1.82) is 0 Å². The van der Waals surface area contributed by atoms with Crippen LogP contribution in [0, 0.1) is 5.92 Å². The molecule has 1 unspecified atom stereocenters. The number of hydrogen-bond acceptors (Lipinski definition) is 1. The summed E-state index contributed by atoms with van der Waals surface area (Å²) >= 11 is -4.71. The Labute approximate surface area is 184 Å². The van der Waals surface area contributed by atoms with Crippen molar-refractivity contribution in [3.63, 3.8) is 0 Å². The first-order valence-corrected chi connectivity index (χ1v) is 26.8. The molecule has 1 atom stereocenters. The molecule has 0 saturated heterocycles. The summed E-state index contributed by atoms with van der Waals surface area (Å²) in [5.41, 5.74) is 5.03. The van der Waals surface area contributed by atoms with E-state index in [2.05, 4.69) is 72.7 Å². The molecule has 1 aliphatic rings. The zero-order valence-electron chi connectivity index (χ0n) is 17.9. The van der Waals surface area contributed by atoms with Crippen LogP contribution in [-0.4, -0.2) is 11.8 Å². The van der Waals surface area contributed by atoms with Gasteiger partial charge in [-0.05, 0) is 0 Å². The molecule has 2 nitrogen and oxygen atoms in total. The van der Waals surface area contributed by atoms with Gasteiger partial charge in [0, 0.05) is 0 Å². The molecule has 6 heteroatoms. The number of benzene rings is 2. The molecule has 157 valence electrons. The summed E-state index contributed by atoms with van der Waals surface area (Å²) < 4.78 is 4.42. The third kappa shape index (κ3) is 4.33. The Morgan fingerprint density at radius 2 is 1.79 bits per heavy atom. The van der Waals surface area contributed by atoms with Gasteiger partial charge in [0.2, 0.25) is 0 Å². The van der Waals surface area contributed by atoms with Crippen molar-refractivity contribution in [1.82, 2.24) is 3.26 Å². The van der Waals surface area contributed by atoms with Crippen molar-refractivity contribution in [3.05, 3.63) is 53.6 Å². The summed E-state index contributed by atoms with van der Waals surface area (Å²) in [5, 5.41) is 0. The molecule has 0 radical (unpaired) electrons. The van der Waals surface area contributed by atoms with Gasteiger partial charge in [0.15, 0.2) is 0 Å². The maximum absolute atomic E-state index is 13.3. The zero-order chi connectivity index (χ0) is 21.3. The summed E-state index contributed by atoms with van der Waals surface area (Å²) in [5.74, 6) is -1.55. The molecule has 1 N–H and O–H groups in total. The number of rotatable bonds is 8. The van der Waals surface area contributed by atoms with Crippen LogP contribution in [0.4, 0.5) is 0 Å². The van der Waals surface area contributed by atoms with Crippen LogP contribution < -0.4 is 6.53 Å². The van der Waals surface area contributed by atoms with E-state index >= 15 is 0 Å². The summed E-state index contributed by atoms with van der Waals surface area (Å²) in [6.45, 7) is 8.63. The minimum absolute atomic E-state index is 0.0120. The van der Waals surface area contributed by atoms with Gasteiger partial charge in [-0.3, -0.25) is 0 Å². The third-order valence-electron chi connectivity index (χ3n) is 6.48. The van der Waals surface area contributed by atoms with Gasteiger partial charge < -0.3 is 0 Å². The van der Waals surface area contributed by atoms with Crippen LogP contribution in [0.3, 0.4) is 0 Å². The van der Waals surface area contributed by atoms with E-state index in [0.29, 0.717) is 0 Å². The fraction of sp³-hybridized carbons (Fsp3) is 0.435. The maximum atomic E-state index is 13.3. The SMILES string of the molecule is CCCCC(CC)C(=O)[NH][Zr]([Cl])([Cl])([c]1cccc2c1Cc1ccccc1-2)[SiH](C)C. The number of amides is 1. The molecule has 0 aromatic heterocycles. The molecule has 1 aliphatic carbocycles. The van der Waals surface area contributed by atoms with E-state index in [1.807, 2.05) is 0 Å². The minimum atomic E-state index is -4.71. The summed E-state index contributed by atoms with van der Waals surface area (Å²) in [7, 11) is 15.0. The average Bonchev–Trinajstić information content (AvgIpc) is 3.07. The Bertz CT molecular complexity index is 916. The first kappa shape index (κ1) is 23.3. The summed E-state index contributed by atoms with van der Waals surface area (Å²) in [4.78, 5) is 13.3. The average molecular weight is 529 g/mol. The molecular weight excluding hydrogens is 496 g/mol. The van der Waals surface area contributed by atoms with Crippen molar-refractivity contribution in [2.45, 2.75) is 59.0 Å². The van der Waals surface area contributed by atoms with Crippen LogP contribution in [-0.2, 0) is 27.1 Å². The fourth-order valence-electron chi connectivity index (χ4n) is 4.41. The van der Waals surface area contributed by atoms with Crippen molar-refractivity contribution in [2.75, 3.05) is 0 Å². The second kappa shape index (κ2) is 8.99. The topological polar surface area (TPSA) is 29.1 Å². The normalized spacial score (nSPS) is 15.3. The molecule has 2 aromatic carbocycles. The predicted octanol–water partition coefficient (Wildman–Crippen LogP) is 6.11. The van der Waals surface area contributed by atoms with Crippen LogP contribution in [0.1, 0.15) is 50.7 Å². The van der Waals surface area contributed by atoms with E-state index in [-0.39, 0.29) is 11.8 Å². The van der Waals surface area contributed by atoms with Crippen molar-refractivity contribution in [2.24, 2.45) is 5.92 Å². The van der Waals surface area contributed by atoms with E-state index in [1.54, 1.807) is 0 Å². The number of nitrogens with one attached hydrogen (secondary N) is 1. The van der Waals surface area contributed by atoms with Gasteiger partial charge in [-0.15, -0.1) is 0 Å². The zero-order valence-corrected chi connectivity index (χ0v) is 23.0. The Morgan fingerprint density at radius 1 is 1.10 bits per heavy atom. The number of fused-ring (bicyclic) bond motifs is 3. The molecule has 0 heterocycles. The number of hydrogen-bond donors (Lipinski definition) is 1. The molecule has 0 fully saturated rings. The molecule has 1 amide bonds. The molecular formula is C23H32Cl2NOSiZr. The molecule has 0 bridgehead atoms. The molecule has 0 saturated carbocycles. The van der Waals surface area contributed by atoms with E-state index < -0.39 is 21.8 Å². The van der Waals surface area contributed by atoms with Crippen molar-refractivity contribution in [3.8, 4) is 11.1 Å². The number of carbonyl (C=O) groups is 1. The van der Waals surface area contributed by atoms with Gasteiger partial charge in [-0.1, -0.05) is 0 Å². The monoisotopic (exact) mass is 526 g/mol. The Kier molecular flexibility index (Phi) is 7.21. The quantitative estimate of drug-likeness (QED) is 0.351. The summed E-state index contributed by atoms with van der Waals surface area (Å²) in [6, 6.07) is 14.8. The summed E-state index contributed by atoms with van der Waals surface area (Å²) in [6.07, 6.45) is 4.70. The third-order valence-corrected chi connectivity index (χ3v) is 50.5. The van der Waals surface area contributed by atoms with Gasteiger partial charge in [0.05, 0.1) is 0 Å². The standard InChI is InChI=1S/C13H9.C8H17NO.C2H7Si.2ClH.Zr/c1-3-7-12-10(5-1)9-11-6-2-4-8-13(11)12;1-3-5-6-7(4-2)8(9)10;1-3-2;;;/h1-5,7-8H,9H2;7H,3-6H2,1-2H3,(H2,9,10);3H,1-2H3;2*1H;/q;;;;;+3/p-3. The molecule has 2 aromatic rings. The number of halogens is 2. The predicted molar refractivity (Wildman–Crippen MR) is 126 cm³/mol. The van der Waals surface area contributed by atoms with Gasteiger partial charge in [-0.2, -0.15) is 0 Å². The van der Waals surface area contributed by atoms with Gasteiger partial charge in [-0.25, -0.2) is 0 Å². The van der Waals surface area contributed by atoms with Gasteiger partial charge >= 0.3 is 186 Å². The van der Waals surface area contributed by atoms with E-state index in [4.69, 9.17) is 17.0 Å². The Hall–Kier alpha value is -0.410. The molecule has 0 spiro atoms. The van der Waals surface area contributed by atoms with E-state index in [1.165, 1.54) is 22.3 Å². The van der Waals surface area contributed by atoms with Crippen LogP contribution in [0.5, 0.6) is 0 Å². The molecule has 3 rings (SSSR count). The second-order valence-electron chi connectivity index (χ2n) is 8.64. The first-order chi connectivity index (χ1) is 13.7. The van der Waals surface area contributed by atoms with Crippen LogP contribution in [0.25, 0.3) is 11.1 Å². The first-order valence-electron chi connectivity index (χ1n) is 10.8. The molecule has 29 heavy (non-hydrogen) atoms. The van der Waals surface area contributed by atoms with Crippen LogP contribution >= 0.6 is 17.0 Å². The Balaban J connectivity index is 2.05. The van der Waals surface area contributed by atoms with E-state index in [9.17, 15) is 4.79 Å². The number of unbranched alkanes of at least 4 members (excludes halogenated alkanes) is 1. The van der Waals surface area contributed by atoms with Gasteiger partial charge in [0.1, 0.15) is 0 Å². The second-order valence-corrected chi connectivity index (χ2v) is 48.3. The van der Waals surface area contributed by atoms with Crippen LogP contribution in [0.2, 0.25) is 13.1 Å². The fourth-order valence-corrected chi connectivity index (χ4v) is 22.5. The number of carbonyl (C=O) groups excluding carboxylic acids is 1. The van der Waals surface area contributed by atoms with Crippen molar-refractivity contribution >= 4 is 32.1 Å². The van der Waals surface area contributed by atoms with Crippen LogP contribution in [0.15, 0.2) is 42.5 Å². The van der Waals surface area contributed by atoms with Crippen molar-refractivity contribution < 1.29 is 20.6 Å². The van der Waals surface area contributed by atoms with Gasteiger partial charge in [0.25, 0.3) is 0 Å². The van der Waals surface area contributed by atoms with E-state index in [0.717, 1.165) is 35.4 Å².